The van der Waals surface area contributed by atoms with E-state index in [2.05, 4.69) is 22.3 Å². The van der Waals surface area contributed by atoms with E-state index in [0.717, 1.165) is 57.3 Å². The van der Waals surface area contributed by atoms with Crippen LogP contribution in [-0.4, -0.2) is 64.5 Å². The smallest absolute Gasteiger partial charge is 0.193 e. The van der Waals surface area contributed by atoms with Crippen LogP contribution in [0.4, 0.5) is 0 Å². The zero-order chi connectivity index (χ0) is 14.9. The van der Waals surface area contributed by atoms with Gasteiger partial charge >= 0.3 is 0 Å². The minimum Gasteiger partial charge on any atom is -0.381 e. The molecule has 0 bridgehead atoms. The Hall–Kier alpha value is -0.0800. The van der Waals surface area contributed by atoms with Crippen molar-refractivity contribution in [2.75, 3.05) is 53.6 Å². The molecule has 0 aromatic rings. The summed E-state index contributed by atoms with van der Waals surface area (Å²) in [7, 11) is 3.96. The maximum atomic E-state index is 5.64. The van der Waals surface area contributed by atoms with E-state index >= 15 is 0 Å². The predicted molar refractivity (Wildman–Crippen MR) is 101 cm³/mol. The molecule has 1 saturated carbocycles. The van der Waals surface area contributed by atoms with Crippen molar-refractivity contribution >= 4 is 29.9 Å². The third-order valence-corrected chi connectivity index (χ3v) is 4.37. The molecule has 6 heteroatoms. The Balaban J connectivity index is 0.00000242. The van der Waals surface area contributed by atoms with E-state index in [9.17, 15) is 0 Å². The molecular formula is C16H32IN3O2. The molecule has 2 fully saturated rings. The van der Waals surface area contributed by atoms with E-state index in [0.29, 0.717) is 0 Å². The number of aliphatic imine (C=N–C) groups is 1. The van der Waals surface area contributed by atoms with Crippen LogP contribution in [0, 0.1) is 11.8 Å². The highest BCUT2D eigenvalue weighted by atomic mass is 127. The summed E-state index contributed by atoms with van der Waals surface area (Å²) < 4.78 is 11.0. The van der Waals surface area contributed by atoms with Crippen LogP contribution < -0.4 is 5.32 Å². The van der Waals surface area contributed by atoms with Crippen molar-refractivity contribution in [2.45, 2.75) is 32.1 Å². The van der Waals surface area contributed by atoms with E-state index in [1.807, 2.05) is 7.05 Å². The van der Waals surface area contributed by atoms with Gasteiger partial charge in [-0.1, -0.05) is 0 Å². The van der Waals surface area contributed by atoms with Crippen molar-refractivity contribution in [3.63, 3.8) is 0 Å². The standard InChI is InChI=1S/C16H31N3O2.HI/c1-17-16(18-8-12-21-13-15-3-4-15)19(2)9-5-14-6-10-20-11-7-14;/h14-15H,3-13H2,1-2H3,(H,17,18);1H. The van der Waals surface area contributed by atoms with Crippen molar-refractivity contribution < 1.29 is 9.47 Å². The van der Waals surface area contributed by atoms with Gasteiger partial charge < -0.3 is 19.7 Å². The van der Waals surface area contributed by atoms with Crippen molar-refractivity contribution in [3.8, 4) is 0 Å². The molecule has 1 N–H and O–H groups in total. The third kappa shape index (κ3) is 7.97. The van der Waals surface area contributed by atoms with E-state index < -0.39 is 0 Å². The largest absolute Gasteiger partial charge is 0.381 e. The molecule has 1 aliphatic carbocycles. The molecule has 0 aromatic heterocycles. The Bertz CT molecular complexity index is 319. The van der Waals surface area contributed by atoms with Crippen molar-refractivity contribution in [2.24, 2.45) is 16.8 Å². The van der Waals surface area contributed by atoms with Gasteiger partial charge in [0.05, 0.1) is 6.61 Å². The lowest BCUT2D eigenvalue weighted by molar-refractivity contribution is 0.0625. The van der Waals surface area contributed by atoms with Gasteiger partial charge in [0.15, 0.2) is 5.96 Å². The number of halogens is 1. The first kappa shape index (κ1) is 20.0. The van der Waals surface area contributed by atoms with E-state index in [-0.39, 0.29) is 24.0 Å². The Morgan fingerprint density at radius 3 is 2.59 bits per heavy atom. The monoisotopic (exact) mass is 425 g/mol. The van der Waals surface area contributed by atoms with Crippen LogP contribution >= 0.6 is 24.0 Å². The second-order valence-corrected chi connectivity index (χ2v) is 6.26. The van der Waals surface area contributed by atoms with Gasteiger partial charge in [0.1, 0.15) is 0 Å². The number of hydrogen-bond donors (Lipinski definition) is 1. The topological polar surface area (TPSA) is 46.1 Å². The van der Waals surface area contributed by atoms with Crippen LogP contribution in [0.2, 0.25) is 0 Å². The van der Waals surface area contributed by atoms with E-state index in [4.69, 9.17) is 9.47 Å². The summed E-state index contributed by atoms with van der Waals surface area (Å²) in [5, 5.41) is 3.38. The summed E-state index contributed by atoms with van der Waals surface area (Å²) in [4.78, 5) is 6.57. The summed E-state index contributed by atoms with van der Waals surface area (Å²) in [6.07, 6.45) is 6.33. The zero-order valence-electron chi connectivity index (χ0n) is 14.1. The number of nitrogens with zero attached hydrogens (tertiary/aromatic N) is 2. The van der Waals surface area contributed by atoms with Gasteiger partial charge in [-0.2, -0.15) is 0 Å². The quantitative estimate of drug-likeness (QED) is 0.281. The molecule has 2 rings (SSSR count). The molecule has 1 saturated heterocycles. The lowest BCUT2D eigenvalue weighted by atomic mass is 9.96. The molecule has 1 aliphatic heterocycles. The molecule has 5 nitrogen and oxygen atoms in total. The second-order valence-electron chi connectivity index (χ2n) is 6.26. The van der Waals surface area contributed by atoms with Crippen LogP contribution in [0.25, 0.3) is 0 Å². The Morgan fingerprint density at radius 2 is 1.95 bits per heavy atom. The fourth-order valence-corrected chi connectivity index (χ4v) is 2.67. The van der Waals surface area contributed by atoms with Gasteiger partial charge in [-0.25, -0.2) is 0 Å². The minimum atomic E-state index is 0. The fraction of sp³-hybridized carbons (Fsp3) is 0.938. The Morgan fingerprint density at radius 1 is 1.23 bits per heavy atom. The number of rotatable bonds is 8. The highest BCUT2D eigenvalue weighted by Gasteiger charge is 2.21. The highest BCUT2D eigenvalue weighted by molar-refractivity contribution is 14.0. The van der Waals surface area contributed by atoms with Gasteiger partial charge in [-0.3, -0.25) is 4.99 Å². The molecule has 130 valence electrons. The predicted octanol–water partition coefficient (Wildman–Crippen LogP) is 2.35. The molecule has 0 spiro atoms. The van der Waals surface area contributed by atoms with Crippen LogP contribution in [0.1, 0.15) is 32.1 Å². The van der Waals surface area contributed by atoms with Crippen molar-refractivity contribution in [1.29, 1.82) is 0 Å². The van der Waals surface area contributed by atoms with Crippen LogP contribution in [0.15, 0.2) is 4.99 Å². The minimum absolute atomic E-state index is 0. The first-order valence-electron chi connectivity index (χ1n) is 8.37. The van der Waals surface area contributed by atoms with Gasteiger partial charge in [-0.05, 0) is 43.9 Å². The first-order valence-corrected chi connectivity index (χ1v) is 8.37. The molecule has 0 radical (unpaired) electrons. The molecule has 1 heterocycles. The van der Waals surface area contributed by atoms with Gasteiger partial charge in [-0.15, -0.1) is 24.0 Å². The second kappa shape index (κ2) is 11.5. The summed E-state index contributed by atoms with van der Waals surface area (Å²) in [5.41, 5.74) is 0. The molecule has 22 heavy (non-hydrogen) atoms. The van der Waals surface area contributed by atoms with Crippen LogP contribution in [0.3, 0.4) is 0 Å². The lowest BCUT2D eigenvalue weighted by Crippen LogP contribution is -2.41. The van der Waals surface area contributed by atoms with Crippen LogP contribution in [-0.2, 0) is 9.47 Å². The number of guanidine groups is 1. The zero-order valence-corrected chi connectivity index (χ0v) is 16.4. The highest BCUT2D eigenvalue weighted by Crippen LogP contribution is 2.28. The number of nitrogens with one attached hydrogen (secondary N) is 1. The maximum absolute atomic E-state index is 5.64. The normalized spacial score (nSPS) is 19.6. The number of hydrogen-bond acceptors (Lipinski definition) is 3. The number of ether oxygens (including phenoxy) is 2. The third-order valence-electron chi connectivity index (χ3n) is 4.37. The van der Waals surface area contributed by atoms with Crippen LogP contribution in [0.5, 0.6) is 0 Å². The summed E-state index contributed by atoms with van der Waals surface area (Å²) in [6, 6.07) is 0. The maximum Gasteiger partial charge on any atom is 0.193 e. The molecule has 0 aromatic carbocycles. The van der Waals surface area contributed by atoms with E-state index in [1.54, 1.807) is 0 Å². The fourth-order valence-electron chi connectivity index (χ4n) is 2.67. The van der Waals surface area contributed by atoms with Gasteiger partial charge in [0.25, 0.3) is 0 Å². The molecule has 0 unspecified atom stereocenters. The summed E-state index contributed by atoms with van der Waals surface area (Å²) in [5.74, 6) is 2.62. The van der Waals surface area contributed by atoms with Gasteiger partial charge in [0.2, 0.25) is 0 Å². The summed E-state index contributed by atoms with van der Waals surface area (Å²) >= 11 is 0. The molecule has 0 atom stereocenters. The average molecular weight is 425 g/mol. The molecule has 2 aliphatic rings. The first-order chi connectivity index (χ1) is 10.3. The Labute approximate surface area is 152 Å². The Kier molecular flexibility index (Phi) is 10.4. The molecular weight excluding hydrogens is 393 g/mol. The average Bonchev–Trinajstić information content (AvgIpc) is 3.34. The van der Waals surface area contributed by atoms with Crippen molar-refractivity contribution in [3.05, 3.63) is 0 Å². The SMILES string of the molecule is CN=C(NCCOCC1CC1)N(C)CCC1CCOCC1.I. The van der Waals surface area contributed by atoms with E-state index in [1.165, 1.54) is 32.1 Å². The van der Waals surface area contributed by atoms with Gasteiger partial charge in [0, 0.05) is 47.0 Å². The summed E-state index contributed by atoms with van der Waals surface area (Å²) in [6.45, 7) is 5.44. The lowest BCUT2D eigenvalue weighted by Gasteiger charge is -2.26. The molecule has 0 amide bonds. The van der Waals surface area contributed by atoms with Crippen molar-refractivity contribution in [1.82, 2.24) is 10.2 Å².